The van der Waals surface area contributed by atoms with Crippen molar-refractivity contribution in [2.24, 2.45) is 5.92 Å². The number of rotatable bonds is 6. The Morgan fingerprint density at radius 2 is 2.03 bits per heavy atom. The Morgan fingerprint density at radius 1 is 1.28 bits per heavy atom. The third-order valence-electron chi connectivity index (χ3n) is 6.33. The summed E-state index contributed by atoms with van der Waals surface area (Å²) in [6, 6.07) is 12.9. The van der Waals surface area contributed by atoms with Crippen LogP contribution < -0.4 is 10.6 Å². The summed E-state index contributed by atoms with van der Waals surface area (Å²) < 4.78 is 26.6. The van der Waals surface area contributed by atoms with Gasteiger partial charge in [-0.05, 0) is 77.3 Å². The minimum Gasteiger partial charge on any atom is -0.612 e. The van der Waals surface area contributed by atoms with Crippen molar-refractivity contribution in [3.8, 4) is 23.3 Å². The van der Waals surface area contributed by atoms with E-state index < -0.39 is 23.0 Å². The molecule has 5 atom stereocenters. The van der Waals surface area contributed by atoms with Gasteiger partial charge in [0.15, 0.2) is 4.90 Å². The molecule has 4 rings (SSSR count). The molecular weight excluding hydrogens is 427 g/mol. The summed E-state index contributed by atoms with van der Waals surface area (Å²) in [7, 11) is 0. The minimum atomic E-state index is -1.29. The number of fused-ring (bicyclic) bond motifs is 2. The molecule has 1 aliphatic carbocycles. The second-order valence-electron chi connectivity index (χ2n) is 8.39. The highest BCUT2D eigenvalue weighted by atomic mass is 32.2. The maximum atomic E-state index is 14.8. The lowest BCUT2D eigenvalue weighted by Crippen LogP contribution is -2.50. The molecule has 0 radical (unpaired) electrons. The third kappa shape index (κ3) is 4.49. The van der Waals surface area contributed by atoms with Gasteiger partial charge in [-0.25, -0.2) is 4.39 Å². The number of carbonyl (C=O) groups is 1. The number of amides is 1. The molecule has 1 saturated heterocycles. The van der Waals surface area contributed by atoms with Crippen LogP contribution in [0.25, 0.3) is 11.1 Å². The first-order chi connectivity index (χ1) is 15.4. The normalized spacial score (nSPS) is 23.2. The van der Waals surface area contributed by atoms with Crippen LogP contribution in [0.3, 0.4) is 0 Å². The summed E-state index contributed by atoms with van der Waals surface area (Å²) >= 11 is -1.29. The summed E-state index contributed by atoms with van der Waals surface area (Å²) in [5.74, 6) is -0.375. The van der Waals surface area contributed by atoms with Gasteiger partial charge in [-0.3, -0.25) is 4.79 Å². The van der Waals surface area contributed by atoms with E-state index in [4.69, 9.17) is 0 Å². The number of nitriles is 2. The molecule has 2 N–H and O–H groups in total. The first kappa shape index (κ1) is 22.3. The summed E-state index contributed by atoms with van der Waals surface area (Å²) in [5, 5.41) is 24.9. The predicted octanol–water partition coefficient (Wildman–Crippen LogP) is 2.79. The highest BCUT2D eigenvalue weighted by Crippen LogP contribution is 2.35. The second-order valence-corrected chi connectivity index (χ2v) is 9.74. The fraction of sp³-hybridized carbons (Fsp3) is 0.375. The van der Waals surface area contributed by atoms with Crippen LogP contribution >= 0.6 is 0 Å². The van der Waals surface area contributed by atoms with Crippen LogP contribution in [0.2, 0.25) is 0 Å². The molecule has 32 heavy (non-hydrogen) atoms. The van der Waals surface area contributed by atoms with Crippen molar-refractivity contribution < 1.29 is 13.7 Å². The summed E-state index contributed by atoms with van der Waals surface area (Å²) in [6.45, 7) is 0. The summed E-state index contributed by atoms with van der Waals surface area (Å²) in [6.07, 6.45) is 4.66. The van der Waals surface area contributed by atoms with Gasteiger partial charge in [-0.2, -0.15) is 10.5 Å². The van der Waals surface area contributed by atoms with E-state index in [0.29, 0.717) is 33.5 Å². The van der Waals surface area contributed by atoms with Gasteiger partial charge in [-0.15, -0.1) is 0 Å². The van der Waals surface area contributed by atoms with Crippen LogP contribution in [0.1, 0.15) is 30.4 Å². The molecule has 6 nitrogen and oxygen atoms in total. The second kappa shape index (κ2) is 9.30. The van der Waals surface area contributed by atoms with Gasteiger partial charge in [0.2, 0.25) is 5.91 Å². The van der Waals surface area contributed by atoms with Crippen molar-refractivity contribution in [2.45, 2.75) is 48.7 Å². The van der Waals surface area contributed by atoms with Crippen molar-refractivity contribution >= 4 is 17.1 Å². The quantitative estimate of drug-likeness (QED) is 0.658. The van der Waals surface area contributed by atoms with E-state index >= 15 is 0 Å². The van der Waals surface area contributed by atoms with Gasteiger partial charge in [-0.1, -0.05) is 12.1 Å². The summed E-state index contributed by atoms with van der Waals surface area (Å²) in [4.78, 5) is 13.0. The molecule has 1 amide bonds. The Balaban J connectivity index is 1.46. The zero-order valence-corrected chi connectivity index (χ0v) is 18.4. The van der Waals surface area contributed by atoms with E-state index in [1.165, 1.54) is 12.3 Å². The fourth-order valence-corrected chi connectivity index (χ4v) is 5.37. The SMILES string of the molecule is C[S+]([O-])c1ccc(-c2ccc(C[C@@H](C#N)NC(=O)C3NC4CCC3C4)c(F)c2)cc1C#N. The number of nitrogens with one attached hydrogen (secondary N) is 2. The molecule has 164 valence electrons. The van der Waals surface area contributed by atoms with E-state index in [-0.39, 0.29) is 23.9 Å². The van der Waals surface area contributed by atoms with Gasteiger partial charge in [0.25, 0.3) is 0 Å². The van der Waals surface area contributed by atoms with Crippen molar-refractivity contribution in [2.75, 3.05) is 6.26 Å². The van der Waals surface area contributed by atoms with Gasteiger partial charge >= 0.3 is 0 Å². The van der Waals surface area contributed by atoms with E-state index in [2.05, 4.69) is 16.7 Å². The molecule has 0 aromatic heterocycles. The Hall–Kier alpha value is -2.91. The topological polar surface area (TPSA) is 112 Å². The Kier molecular flexibility index (Phi) is 6.48. The van der Waals surface area contributed by atoms with Crippen LogP contribution in [0.15, 0.2) is 41.3 Å². The van der Waals surface area contributed by atoms with Crippen LogP contribution in [-0.2, 0) is 22.4 Å². The Bertz CT molecular complexity index is 1120. The van der Waals surface area contributed by atoms with Crippen molar-refractivity contribution in [3.05, 3.63) is 53.3 Å². The first-order valence-corrected chi connectivity index (χ1v) is 12.1. The van der Waals surface area contributed by atoms with Gasteiger partial charge in [0, 0.05) is 12.5 Å². The monoisotopic (exact) mass is 450 g/mol. The average Bonchev–Trinajstić information content (AvgIpc) is 3.43. The smallest absolute Gasteiger partial charge is 0.238 e. The van der Waals surface area contributed by atoms with E-state index in [1.54, 1.807) is 30.3 Å². The van der Waals surface area contributed by atoms with Crippen molar-refractivity contribution in [1.29, 1.82) is 10.5 Å². The Labute approximate surface area is 189 Å². The number of piperidine rings is 1. The molecule has 1 aliphatic heterocycles. The molecule has 4 unspecified atom stereocenters. The number of halogens is 1. The highest BCUT2D eigenvalue weighted by Gasteiger charge is 2.43. The van der Waals surface area contributed by atoms with Crippen LogP contribution in [0.5, 0.6) is 0 Å². The predicted molar refractivity (Wildman–Crippen MR) is 118 cm³/mol. The number of hydrogen-bond donors (Lipinski definition) is 2. The van der Waals surface area contributed by atoms with Crippen LogP contribution in [-0.4, -0.2) is 34.8 Å². The zero-order valence-electron chi connectivity index (χ0n) is 17.6. The molecule has 2 aromatic rings. The largest absolute Gasteiger partial charge is 0.612 e. The summed E-state index contributed by atoms with van der Waals surface area (Å²) in [5.41, 5.74) is 1.82. The highest BCUT2D eigenvalue weighted by molar-refractivity contribution is 7.90. The number of nitrogens with zero attached hydrogens (tertiary/aromatic N) is 2. The van der Waals surface area contributed by atoms with Gasteiger partial charge < -0.3 is 15.2 Å². The molecule has 2 aromatic carbocycles. The molecule has 2 fully saturated rings. The maximum absolute atomic E-state index is 14.8. The third-order valence-corrected chi connectivity index (χ3v) is 7.31. The van der Waals surface area contributed by atoms with Crippen molar-refractivity contribution in [1.82, 2.24) is 10.6 Å². The van der Waals surface area contributed by atoms with Gasteiger partial charge in [0.05, 0.1) is 12.1 Å². The maximum Gasteiger partial charge on any atom is 0.238 e. The average molecular weight is 451 g/mol. The molecular formula is C24H23FN4O2S. The van der Waals surface area contributed by atoms with E-state index in [0.717, 1.165) is 19.3 Å². The molecule has 2 bridgehead atoms. The fourth-order valence-electron chi connectivity index (χ4n) is 4.70. The number of benzene rings is 2. The lowest BCUT2D eigenvalue weighted by Gasteiger charge is -2.23. The lowest BCUT2D eigenvalue weighted by molar-refractivity contribution is -0.124. The molecule has 1 heterocycles. The molecule has 2 aliphatic rings. The number of hydrogen-bond acceptors (Lipinski definition) is 5. The molecule has 8 heteroatoms. The molecule has 0 spiro atoms. The van der Waals surface area contributed by atoms with E-state index in [1.807, 2.05) is 6.07 Å². The van der Waals surface area contributed by atoms with E-state index in [9.17, 15) is 24.3 Å². The standard InChI is InChI=1S/C24H23FN4O2S/c1-32(31)22-7-5-14(8-18(22)12-26)15-2-3-16(21(25)11-15)9-20(13-27)29-24(30)23-17-4-6-19(10-17)28-23/h2-3,5,7-8,11,17,19-20,23,28H,4,6,9-10H2,1H3,(H,29,30)/t17?,19?,20-,23?,32?/m0/s1. The van der Waals surface area contributed by atoms with Crippen LogP contribution in [0.4, 0.5) is 4.39 Å². The first-order valence-electron chi connectivity index (χ1n) is 10.5. The lowest BCUT2D eigenvalue weighted by atomic mass is 9.97. The Morgan fingerprint density at radius 3 is 2.62 bits per heavy atom. The minimum absolute atomic E-state index is 0.0619. The van der Waals surface area contributed by atoms with Crippen molar-refractivity contribution in [3.63, 3.8) is 0 Å². The number of carbonyl (C=O) groups excluding carboxylic acids is 1. The molecule has 1 saturated carbocycles. The van der Waals surface area contributed by atoms with Gasteiger partial charge in [0.1, 0.15) is 29.7 Å². The van der Waals surface area contributed by atoms with Crippen LogP contribution in [0, 0.1) is 34.4 Å². The zero-order chi connectivity index (χ0) is 22.8.